The normalized spacial score (nSPS) is 15.4. The highest BCUT2D eigenvalue weighted by Crippen LogP contribution is 2.41. The minimum Gasteiger partial charge on any atom is -0.490 e. The highest BCUT2D eigenvalue weighted by Gasteiger charge is 2.32. The lowest BCUT2D eigenvalue weighted by Gasteiger charge is -2.24. The van der Waals surface area contributed by atoms with E-state index in [4.69, 9.17) is 14.2 Å². The second kappa shape index (κ2) is 8.33. The maximum Gasteiger partial charge on any atom is 0.258 e. The molecule has 1 heterocycles. The maximum absolute atomic E-state index is 13.4. The largest absolute Gasteiger partial charge is 0.490 e. The molecule has 3 rings (SSSR count). The summed E-state index contributed by atoms with van der Waals surface area (Å²) in [6.07, 6.45) is 0.857. The number of benzene rings is 2. The van der Waals surface area contributed by atoms with E-state index in [0.717, 1.165) is 12.1 Å². The lowest BCUT2D eigenvalue weighted by Crippen LogP contribution is -2.35. The first-order chi connectivity index (χ1) is 13.1. The molecule has 0 saturated carbocycles. The summed E-state index contributed by atoms with van der Waals surface area (Å²) in [6, 6.07) is 11.7. The quantitative estimate of drug-likeness (QED) is 0.722. The van der Waals surface area contributed by atoms with Crippen molar-refractivity contribution in [1.82, 2.24) is 0 Å². The molecule has 0 aliphatic carbocycles. The molecule has 0 fully saturated rings. The van der Waals surface area contributed by atoms with Gasteiger partial charge in [-0.05, 0) is 57.9 Å². The smallest absolute Gasteiger partial charge is 0.258 e. The minimum atomic E-state index is -0.0580. The first-order valence-corrected chi connectivity index (χ1v) is 9.58. The van der Waals surface area contributed by atoms with E-state index in [1.807, 2.05) is 43.9 Å². The van der Waals surface area contributed by atoms with Gasteiger partial charge in [-0.15, -0.1) is 0 Å². The Labute approximate surface area is 160 Å². The van der Waals surface area contributed by atoms with Crippen LogP contribution in [0.5, 0.6) is 17.2 Å². The average molecular weight is 369 g/mol. The highest BCUT2D eigenvalue weighted by atomic mass is 16.5. The standard InChI is InChI=1S/C22H27NO4/c1-5-25-19-13-17(14-20(26-6-2)21(19)27-7-3)22(24)23-15(4)12-16-10-8-9-11-18(16)23/h8-11,13-15H,5-7,12H2,1-4H3/t15-/m0/s1. The number of carbonyl (C=O) groups excluding carboxylic acids is 1. The molecule has 0 radical (unpaired) electrons. The Morgan fingerprint density at radius 3 is 2.19 bits per heavy atom. The summed E-state index contributed by atoms with van der Waals surface area (Å²) >= 11 is 0. The van der Waals surface area contributed by atoms with E-state index in [-0.39, 0.29) is 11.9 Å². The van der Waals surface area contributed by atoms with Gasteiger partial charge in [-0.25, -0.2) is 0 Å². The fourth-order valence-electron chi connectivity index (χ4n) is 3.53. The number of fused-ring (bicyclic) bond motifs is 1. The van der Waals surface area contributed by atoms with Crippen LogP contribution in [0.1, 0.15) is 43.6 Å². The van der Waals surface area contributed by atoms with Crippen molar-refractivity contribution in [2.75, 3.05) is 24.7 Å². The summed E-state index contributed by atoms with van der Waals surface area (Å²) in [5.74, 6) is 1.56. The monoisotopic (exact) mass is 369 g/mol. The average Bonchev–Trinajstić information content (AvgIpc) is 2.99. The van der Waals surface area contributed by atoms with Crippen molar-refractivity contribution >= 4 is 11.6 Å². The van der Waals surface area contributed by atoms with Crippen LogP contribution >= 0.6 is 0 Å². The molecule has 0 N–H and O–H groups in total. The molecule has 0 spiro atoms. The zero-order chi connectivity index (χ0) is 19.4. The molecule has 0 saturated heterocycles. The topological polar surface area (TPSA) is 48.0 Å². The molecule has 2 aromatic carbocycles. The summed E-state index contributed by atoms with van der Waals surface area (Å²) in [5, 5.41) is 0. The first kappa shape index (κ1) is 19.1. The molecule has 144 valence electrons. The van der Waals surface area contributed by atoms with Crippen molar-refractivity contribution in [2.45, 2.75) is 40.2 Å². The third-order valence-corrected chi connectivity index (χ3v) is 4.58. The van der Waals surface area contributed by atoms with E-state index in [2.05, 4.69) is 13.0 Å². The number of carbonyl (C=O) groups is 1. The van der Waals surface area contributed by atoms with Gasteiger partial charge in [0.1, 0.15) is 0 Å². The number of hydrogen-bond acceptors (Lipinski definition) is 4. The number of hydrogen-bond donors (Lipinski definition) is 0. The third-order valence-electron chi connectivity index (χ3n) is 4.58. The van der Waals surface area contributed by atoms with E-state index in [0.29, 0.717) is 42.6 Å². The summed E-state index contributed by atoms with van der Waals surface area (Å²) in [6.45, 7) is 9.24. The van der Waals surface area contributed by atoms with Gasteiger partial charge in [-0.3, -0.25) is 4.79 Å². The van der Waals surface area contributed by atoms with Crippen molar-refractivity contribution in [1.29, 1.82) is 0 Å². The van der Waals surface area contributed by atoms with Crippen molar-refractivity contribution in [3.05, 3.63) is 47.5 Å². The maximum atomic E-state index is 13.4. The number of ether oxygens (including phenoxy) is 3. The lowest BCUT2D eigenvalue weighted by atomic mass is 10.1. The van der Waals surface area contributed by atoms with Gasteiger partial charge in [-0.2, -0.15) is 0 Å². The summed E-state index contributed by atoms with van der Waals surface area (Å²) in [5.41, 5.74) is 2.70. The van der Waals surface area contributed by atoms with Crippen molar-refractivity contribution in [3.63, 3.8) is 0 Å². The summed E-state index contributed by atoms with van der Waals surface area (Å²) in [4.78, 5) is 15.2. The molecule has 27 heavy (non-hydrogen) atoms. The van der Waals surface area contributed by atoms with Crippen molar-refractivity contribution < 1.29 is 19.0 Å². The second-order valence-electron chi connectivity index (χ2n) is 6.46. The number of nitrogens with zero attached hydrogens (tertiary/aromatic N) is 1. The van der Waals surface area contributed by atoms with Crippen LogP contribution in [-0.4, -0.2) is 31.8 Å². The van der Waals surface area contributed by atoms with Crippen LogP contribution < -0.4 is 19.1 Å². The number of amides is 1. The molecule has 0 bridgehead atoms. The van der Waals surface area contributed by atoms with Gasteiger partial charge in [0.15, 0.2) is 11.5 Å². The van der Waals surface area contributed by atoms with E-state index in [1.54, 1.807) is 12.1 Å². The Morgan fingerprint density at radius 1 is 1.00 bits per heavy atom. The van der Waals surface area contributed by atoms with Gasteiger partial charge in [-0.1, -0.05) is 18.2 Å². The number of anilines is 1. The molecule has 5 nitrogen and oxygen atoms in total. The predicted octanol–water partition coefficient (Wildman–Crippen LogP) is 4.47. The van der Waals surface area contributed by atoms with Crippen LogP contribution in [0, 0.1) is 0 Å². The third kappa shape index (κ3) is 3.72. The molecule has 2 aromatic rings. The zero-order valence-electron chi connectivity index (χ0n) is 16.5. The fourth-order valence-corrected chi connectivity index (χ4v) is 3.53. The Balaban J connectivity index is 2.04. The highest BCUT2D eigenvalue weighted by molar-refractivity contribution is 6.08. The van der Waals surface area contributed by atoms with Crippen molar-refractivity contribution in [3.8, 4) is 17.2 Å². The van der Waals surface area contributed by atoms with Crippen LogP contribution in [0.2, 0.25) is 0 Å². The van der Waals surface area contributed by atoms with Crippen LogP contribution in [0.3, 0.4) is 0 Å². The van der Waals surface area contributed by atoms with Gasteiger partial charge >= 0.3 is 0 Å². The minimum absolute atomic E-state index is 0.0580. The molecule has 1 amide bonds. The van der Waals surface area contributed by atoms with Crippen LogP contribution in [0.15, 0.2) is 36.4 Å². The van der Waals surface area contributed by atoms with Gasteiger partial charge < -0.3 is 19.1 Å². The molecule has 1 atom stereocenters. The molecular weight excluding hydrogens is 342 g/mol. The first-order valence-electron chi connectivity index (χ1n) is 9.58. The summed E-state index contributed by atoms with van der Waals surface area (Å²) in [7, 11) is 0. The van der Waals surface area contributed by atoms with Crippen LogP contribution in [0.25, 0.3) is 0 Å². The second-order valence-corrected chi connectivity index (χ2v) is 6.46. The molecule has 1 aliphatic rings. The Bertz CT molecular complexity index is 791. The predicted molar refractivity (Wildman–Crippen MR) is 106 cm³/mol. The van der Waals surface area contributed by atoms with Gasteiger partial charge in [0, 0.05) is 17.3 Å². The Kier molecular flexibility index (Phi) is 5.89. The van der Waals surface area contributed by atoms with Gasteiger partial charge in [0.05, 0.1) is 19.8 Å². The van der Waals surface area contributed by atoms with Gasteiger partial charge in [0.25, 0.3) is 5.91 Å². The number of rotatable bonds is 7. The van der Waals surface area contributed by atoms with Gasteiger partial charge in [0.2, 0.25) is 5.75 Å². The summed E-state index contributed by atoms with van der Waals surface area (Å²) < 4.78 is 17.2. The Hall–Kier alpha value is -2.69. The van der Waals surface area contributed by atoms with E-state index < -0.39 is 0 Å². The van der Waals surface area contributed by atoms with E-state index in [1.165, 1.54) is 5.56 Å². The van der Waals surface area contributed by atoms with Crippen LogP contribution in [-0.2, 0) is 6.42 Å². The Morgan fingerprint density at radius 2 is 1.59 bits per heavy atom. The van der Waals surface area contributed by atoms with E-state index >= 15 is 0 Å². The SMILES string of the molecule is CCOc1cc(C(=O)N2c3ccccc3C[C@@H]2C)cc(OCC)c1OCC. The lowest BCUT2D eigenvalue weighted by molar-refractivity contribution is 0.0980. The molecule has 1 aliphatic heterocycles. The molecular formula is C22H27NO4. The molecule has 0 unspecified atom stereocenters. The van der Waals surface area contributed by atoms with Crippen LogP contribution in [0.4, 0.5) is 5.69 Å². The molecule has 0 aromatic heterocycles. The number of para-hydroxylation sites is 1. The van der Waals surface area contributed by atoms with E-state index in [9.17, 15) is 4.79 Å². The zero-order valence-corrected chi connectivity index (χ0v) is 16.5. The fraction of sp³-hybridized carbons (Fsp3) is 0.409. The van der Waals surface area contributed by atoms with Crippen molar-refractivity contribution in [2.24, 2.45) is 0 Å². The molecule has 5 heteroatoms.